The summed E-state index contributed by atoms with van der Waals surface area (Å²) in [6.45, 7) is 0. The van der Waals surface area contributed by atoms with Gasteiger partial charge >= 0.3 is 0 Å². The summed E-state index contributed by atoms with van der Waals surface area (Å²) >= 11 is 12.0. The molecule has 2 rings (SSSR count). The van der Waals surface area contributed by atoms with Gasteiger partial charge in [0.2, 0.25) is 0 Å². The van der Waals surface area contributed by atoms with Crippen LogP contribution in [0.25, 0.3) is 10.1 Å². The van der Waals surface area contributed by atoms with Gasteiger partial charge in [0, 0.05) is 10.3 Å². The summed E-state index contributed by atoms with van der Waals surface area (Å²) in [7, 11) is 1.65. The van der Waals surface area contributed by atoms with E-state index in [1.54, 1.807) is 18.4 Å². The van der Waals surface area contributed by atoms with Crippen LogP contribution in [0.2, 0.25) is 5.02 Å². The molecule has 13 heavy (non-hydrogen) atoms. The Bertz CT molecular complexity index is 450. The molecule has 0 saturated heterocycles. The van der Waals surface area contributed by atoms with Crippen LogP contribution < -0.4 is 4.74 Å². The molecule has 0 aliphatic carbocycles. The summed E-state index contributed by atoms with van der Waals surface area (Å²) in [5.74, 6) is 0.833. The molecule has 0 radical (unpaired) electrons. The van der Waals surface area contributed by atoms with Gasteiger partial charge in [0.15, 0.2) is 0 Å². The molecular formula is C9H7ClOS2. The molecular weight excluding hydrogens is 224 g/mol. The third kappa shape index (κ3) is 1.41. The van der Waals surface area contributed by atoms with E-state index < -0.39 is 0 Å². The molecule has 1 nitrogen and oxygen atoms in total. The summed E-state index contributed by atoms with van der Waals surface area (Å²) in [5.41, 5.74) is 0. The highest BCUT2D eigenvalue weighted by atomic mass is 35.5. The lowest BCUT2D eigenvalue weighted by atomic mass is 10.2. The minimum Gasteiger partial charge on any atom is -0.495 e. The average molecular weight is 231 g/mol. The standard InChI is InChI=1S/C9H7ClOS2/c1-11-6-4-7(12)8(10)5-2-3-13-9(5)6/h2-4,12H,1H3. The number of ether oxygens (including phenoxy) is 1. The predicted molar refractivity (Wildman–Crippen MR) is 60.6 cm³/mol. The Morgan fingerprint density at radius 1 is 1.54 bits per heavy atom. The summed E-state index contributed by atoms with van der Waals surface area (Å²) < 4.78 is 6.30. The predicted octanol–water partition coefficient (Wildman–Crippen LogP) is 3.85. The molecule has 0 fully saturated rings. The molecule has 68 valence electrons. The average Bonchev–Trinajstić information content (AvgIpc) is 2.60. The fourth-order valence-electron chi connectivity index (χ4n) is 1.22. The van der Waals surface area contributed by atoms with Crippen molar-refractivity contribution in [3.63, 3.8) is 0 Å². The van der Waals surface area contributed by atoms with Gasteiger partial charge in [-0.25, -0.2) is 0 Å². The van der Waals surface area contributed by atoms with Gasteiger partial charge < -0.3 is 4.74 Å². The van der Waals surface area contributed by atoms with Crippen LogP contribution in [0.3, 0.4) is 0 Å². The first-order valence-electron chi connectivity index (χ1n) is 3.66. The van der Waals surface area contributed by atoms with Gasteiger partial charge in [-0.1, -0.05) is 11.6 Å². The zero-order valence-corrected chi connectivity index (χ0v) is 9.34. The molecule has 0 bridgehead atoms. The lowest BCUT2D eigenvalue weighted by molar-refractivity contribution is 0.419. The van der Waals surface area contributed by atoms with Crippen molar-refractivity contribution < 1.29 is 4.74 Å². The molecule has 0 unspecified atom stereocenters. The van der Waals surface area contributed by atoms with Crippen molar-refractivity contribution in [3.05, 3.63) is 22.5 Å². The topological polar surface area (TPSA) is 9.23 Å². The fourth-order valence-corrected chi connectivity index (χ4v) is 2.62. The zero-order chi connectivity index (χ0) is 9.42. The maximum absolute atomic E-state index is 6.07. The normalized spacial score (nSPS) is 10.7. The molecule has 1 heterocycles. The van der Waals surface area contributed by atoms with Crippen LogP contribution in [0.5, 0.6) is 5.75 Å². The Morgan fingerprint density at radius 3 is 3.00 bits per heavy atom. The highest BCUT2D eigenvalue weighted by Crippen LogP contribution is 2.39. The highest BCUT2D eigenvalue weighted by molar-refractivity contribution is 7.80. The second-order valence-electron chi connectivity index (χ2n) is 2.58. The SMILES string of the molecule is COc1cc(S)c(Cl)c2ccsc12. The second-order valence-corrected chi connectivity index (χ2v) is 4.35. The van der Waals surface area contributed by atoms with Gasteiger partial charge in [-0.2, -0.15) is 0 Å². The van der Waals surface area contributed by atoms with Crippen LogP contribution in [-0.2, 0) is 0 Å². The van der Waals surface area contributed by atoms with E-state index in [9.17, 15) is 0 Å². The number of thiol groups is 1. The smallest absolute Gasteiger partial charge is 0.137 e. The summed E-state index contributed by atoms with van der Waals surface area (Å²) in [4.78, 5) is 0.754. The van der Waals surface area contributed by atoms with E-state index in [0.717, 1.165) is 20.7 Å². The molecule has 0 amide bonds. The number of methoxy groups -OCH3 is 1. The Labute approximate surface area is 90.7 Å². The van der Waals surface area contributed by atoms with Crippen molar-refractivity contribution in [3.8, 4) is 5.75 Å². The van der Waals surface area contributed by atoms with E-state index in [1.807, 2.05) is 17.5 Å². The van der Waals surface area contributed by atoms with Crippen molar-refractivity contribution in [2.24, 2.45) is 0 Å². The van der Waals surface area contributed by atoms with Gasteiger partial charge in [-0.05, 0) is 17.5 Å². The lowest BCUT2D eigenvalue weighted by Gasteiger charge is -2.04. The third-order valence-corrected chi connectivity index (χ3v) is 3.66. The monoisotopic (exact) mass is 230 g/mol. The van der Waals surface area contributed by atoms with Gasteiger partial charge in [-0.3, -0.25) is 0 Å². The van der Waals surface area contributed by atoms with Crippen LogP contribution >= 0.6 is 35.6 Å². The second kappa shape index (κ2) is 3.40. The molecule has 1 aromatic heterocycles. The number of halogens is 1. The quantitative estimate of drug-likeness (QED) is 0.733. The Hall–Kier alpha value is -0.380. The van der Waals surface area contributed by atoms with Gasteiger partial charge in [0.1, 0.15) is 5.75 Å². The van der Waals surface area contributed by atoms with E-state index in [0.29, 0.717) is 5.02 Å². The van der Waals surface area contributed by atoms with E-state index >= 15 is 0 Å². The maximum Gasteiger partial charge on any atom is 0.137 e. The molecule has 2 aromatic rings. The Kier molecular flexibility index (Phi) is 2.41. The van der Waals surface area contributed by atoms with E-state index in [-0.39, 0.29) is 0 Å². The van der Waals surface area contributed by atoms with Crippen molar-refractivity contribution in [1.82, 2.24) is 0 Å². The summed E-state index contributed by atoms with van der Waals surface area (Å²) in [6, 6.07) is 3.81. The first-order chi connectivity index (χ1) is 6.24. The van der Waals surface area contributed by atoms with E-state index in [1.165, 1.54) is 0 Å². The van der Waals surface area contributed by atoms with Crippen LogP contribution in [-0.4, -0.2) is 7.11 Å². The van der Waals surface area contributed by atoms with Crippen LogP contribution in [0, 0.1) is 0 Å². The maximum atomic E-state index is 6.07. The van der Waals surface area contributed by atoms with Crippen molar-refractivity contribution in [1.29, 1.82) is 0 Å². The minimum absolute atomic E-state index is 0.695. The molecule has 4 heteroatoms. The van der Waals surface area contributed by atoms with Crippen molar-refractivity contribution in [2.75, 3.05) is 7.11 Å². The number of thiophene rings is 1. The van der Waals surface area contributed by atoms with Crippen LogP contribution in [0.15, 0.2) is 22.4 Å². The minimum atomic E-state index is 0.695. The fraction of sp³-hybridized carbons (Fsp3) is 0.111. The van der Waals surface area contributed by atoms with Crippen LogP contribution in [0.1, 0.15) is 0 Å². The van der Waals surface area contributed by atoms with Crippen LogP contribution in [0.4, 0.5) is 0 Å². The largest absolute Gasteiger partial charge is 0.495 e. The third-order valence-electron chi connectivity index (χ3n) is 1.84. The zero-order valence-electron chi connectivity index (χ0n) is 6.87. The lowest BCUT2D eigenvalue weighted by Crippen LogP contribution is -1.83. The molecule has 0 atom stereocenters. The van der Waals surface area contributed by atoms with Crippen molar-refractivity contribution in [2.45, 2.75) is 4.90 Å². The molecule has 0 spiro atoms. The number of hydrogen-bond donors (Lipinski definition) is 1. The van der Waals surface area contributed by atoms with Crippen molar-refractivity contribution >= 4 is 45.7 Å². The van der Waals surface area contributed by atoms with Gasteiger partial charge in [0.25, 0.3) is 0 Å². The van der Waals surface area contributed by atoms with E-state index in [2.05, 4.69) is 12.6 Å². The Balaban J connectivity index is 2.87. The summed E-state index contributed by atoms with van der Waals surface area (Å²) in [5, 5.41) is 3.70. The summed E-state index contributed by atoms with van der Waals surface area (Å²) in [6.07, 6.45) is 0. The first-order valence-corrected chi connectivity index (χ1v) is 5.37. The first kappa shape index (κ1) is 9.19. The number of fused-ring (bicyclic) bond motifs is 1. The molecule has 0 aliphatic heterocycles. The number of rotatable bonds is 1. The highest BCUT2D eigenvalue weighted by Gasteiger charge is 2.09. The molecule has 0 aliphatic rings. The molecule has 0 saturated carbocycles. The van der Waals surface area contributed by atoms with E-state index in [4.69, 9.17) is 16.3 Å². The number of hydrogen-bond acceptors (Lipinski definition) is 3. The number of benzene rings is 1. The van der Waals surface area contributed by atoms with Gasteiger partial charge in [0.05, 0.1) is 16.8 Å². The molecule has 0 N–H and O–H groups in total. The van der Waals surface area contributed by atoms with Gasteiger partial charge in [-0.15, -0.1) is 24.0 Å². The Morgan fingerprint density at radius 2 is 2.31 bits per heavy atom. The molecule has 1 aromatic carbocycles.